The van der Waals surface area contributed by atoms with Gasteiger partial charge in [0.05, 0.1) is 15.6 Å². The lowest BCUT2D eigenvalue weighted by Crippen LogP contribution is -2.53. The van der Waals surface area contributed by atoms with Crippen molar-refractivity contribution < 1.29 is 18.0 Å². The third-order valence-corrected chi connectivity index (χ3v) is 9.72. The fourth-order valence-electron chi connectivity index (χ4n) is 5.05. The molecule has 4 rings (SSSR count). The molecular formula is C31H35Cl2N3O4S. The fourth-order valence-corrected chi connectivity index (χ4v) is 6.93. The number of carbonyl (C=O) groups excluding carboxylic acids is 2. The van der Waals surface area contributed by atoms with Gasteiger partial charge in [0.25, 0.3) is 10.0 Å². The molecule has 10 heteroatoms. The van der Waals surface area contributed by atoms with E-state index in [1.165, 1.54) is 29.2 Å². The number of rotatable bonds is 11. The summed E-state index contributed by atoms with van der Waals surface area (Å²) in [6.07, 6.45) is 5.59. The molecule has 3 aromatic carbocycles. The van der Waals surface area contributed by atoms with Gasteiger partial charge < -0.3 is 10.2 Å². The highest BCUT2D eigenvalue weighted by molar-refractivity contribution is 7.92. The zero-order valence-corrected chi connectivity index (χ0v) is 25.3. The molecule has 7 nitrogen and oxygen atoms in total. The molecule has 1 aliphatic rings. The first-order chi connectivity index (χ1) is 19.7. The van der Waals surface area contributed by atoms with Crippen LogP contribution in [0.5, 0.6) is 0 Å². The Morgan fingerprint density at radius 2 is 1.56 bits per heavy atom. The Bertz CT molecular complexity index is 1430. The molecule has 1 saturated carbocycles. The van der Waals surface area contributed by atoms with Crippen LogP contribution in [0.1, 0.15) is 44.6 Å². The van der Waals surface area contributed by atoms with Crippen molar-refractivity contribution in [3.05, 3.63) is 94.5 Å². The first kappa shape index (κ1) is 30.9. The van der Waals surface area contributed by atoms with E-state index in [0.717, 1.165) is 42.0 Å². The van der Waals surface area contributed by atoms with Crippen LogP contribution in [-0.2, 0) is 26.0 Å². The van der Waals surface area contributed by atoms with Crippen molar-refractivity contribution in [3.63, 3.8) is 0 Å². The number of hydrogen-bond acceptors (Lipinski definition) is 4. The molecule has 1 atom stereocenters. The molecule has 0 unspecified atom stereocenters. The van der Waals surface area contributed by atoms with Crippen molar-refractivity contribution in [2.24, 2.45) is 0 Å². The second-order valence-electron chi connectivity index (χ2n) is 10.3. The predicted molar refractivity (Wildman–Crippen MR) is 164 cm³/mol. The molecule has 1 fully saturated rings. The van der Waals surface area contributed by atoms with Crippen LogP contribution in [0.4, 0.5) is 5.69 Å². The Morgan fingerprint density at radius 1 is 0.927 bits per heavy atom. The van der Waals surface area contributed by atoms with E-state index in [1.807, 2.05) is 30.3 Å². The van der Waals surface area contributed by atoms with Crippen molar-refractivity contribution >= 4 is 50.7 Å². The molecule has 0 spiro atoms. The molecule has 41 heavy (non-hydrogen) atoms. The highest BCUT2D eigenvalue weighted by atomic mass is 35.5. The van der Waals surface area contributed by atoms with Gasteiger partial charge in [-0.1, -0.05) is 91.0 Å². The van der Waals surface area contributed by atoms with Gasteiger partial charge in [0.2, 0.25) is 11.8 Å². The van der Waals surface area contributed by atoms with Crippen LogP contribution in [0, 0.1) is 0 Å². The van der Waals surface area contributed by atoms with Gasteiger partial charge >= 0.3 is 0 Å². The average Bonchev–Trinajstić information content (AvgIpc) is 2.98. The maximum Gasteiger partial charge on any atom is 0.264 e. The van der Waals surface area contributed by atoms with Crippen LogP contribution in [-0.4, -0.2) is 50.3 Å². The summed E-state index contributed by atoms with van der Waals surface area (Å²) >= 11 is 12.7. The minimum atomic E-state index is -4.22. The lowest BCUT2D eigenvalue weighted by molar-refractivity contribution is -0.139. The van der Waals surface area contributed by atoms with Gasteiger partial charge in [-0.25, -0.2) is 8.42 Å². The van der Waals surface area contributed by atoms with Crippen LogP contribution >= 0.6 is 23.2 Å². The molecule has 2 amide bonds. The molecule has 1 N–H and O–H groups in total. The summed E-state index contributed by atoms with van der Waals surface area (Å²) < 4.78 is 28.7. The highest BCUT2D eigenvalue weighted by Gasteiger charge is 2.33. The topological polar surface area (TPSA) is 86.8 Å². The largest absolute Gasteiger partial charge is 0.352 e. The summed E-state index contributed by atoms with van der Waals surface area (Å²) in [6.45, 7) is 1.35. The first-order valence-corrected chi connectivity index (χ1v) is 16.0. The Kier molecular flexibility index (Phi) is 10.7. The normalized spacial score (nSPS) is 14.7. The van der Waals surface area contributed by atoms with Crippen LogP contribution in [0.15, 0.2) is 83.8 Å². The van der Waals surface area contributed by atoms with Gasteiger partial charge in [-0.05, 0) is 62.1 Å². The minimum Gasteiger partial charge on any atom is -0.352 e. The minimum absolute atomic E-state index is 0.00256. The predicted octanol–water partition coefficient (Wildman–Crippen LogP) is 6.10. The summed E-state index contributed by atoms with van der Waals surface area (Å²) in [5.41, 5.74) is 1.08. The summed E-state index contributed by atoms with van der Waals surface area (Å²) in [6, 6.07) is 21.2. The summed E-state index contributed by atoms with van der Waals surface area (Å²) in [4.78, 5) is 28.8. The van der Waals surface area contributed by atoms with Crippen molar-refractivity contribution in [1.82, 2.24) is 10.2 Å². The van der Waals surface area contributed by atoms with Gasteiger partial charge in [0, 0.05) is 17.6 Å². The number of nitrogens with zero attached hydrogens (tertiary/aromatic N) is 2. The van der Waals surface area contributed by atoms with Gasteiger partial charge in [-0.3, -0.25) is 13.9 Å². The number of hydrogen-bond donors (Lipinski definition) is 1. The molecule has 0 heterocycles. The first-order valence-electron chi connectivity index (χ1n) is 13.8. The number of sulfonamides is 1. The van der Waals surface area contributed by atoms with Crippen LogP contribution < -0.4 is 9.62 Å². The number of nitrogens with one attached hydrogen (secondary N) is 1. The van der Waals surface area contributed by atoms with Crippen LogP contribution in [0.25, 0.3) is 0 Å². The SMILES string of the molecule is C[C@H](C(=O)NC1CCCCC1)N(CCc1ccccc1)C(=O)CN(c1cc(Cl)ccc1Cl)S(=O)(=O)c1ccccc1. The highest BCUT2D eigenvalue weighted by Crippen LogP contribution is 2.33. The molecule has 0 aromatic heterocycles. The van der Waals surface area contributed by atoms with Gasteiger partial charge in [0.1, 0.15) is 12.6 Å². The van der Waals surface area contributed by atoms with Crippen LogP contribution in [0.3, 0.4) is 0 Å². The van der Waals surface area contributed by atoms with E-state index in [0.29, 0.717) is 6.42 Å². The maximum absolute atomic E-state index is 14.0. The van der Waals surface area contributed by atoms with Gasteiger partial charge in [-0.2, -0.15) is 0 Å². The third-order valence-electron chi connectivity index (χ3n) is 7.39. The zero-order valence-electron chi connectivity index (χ0n) is 23.0. The number of amides is 2. The smallest absolute Gasteiger partial charge is 0.264 e. The van der Waals surface area contributed by atoms with Crippen LogP contribution in [0.2, 0.25) is 10.0 Å². The molecule has 1 aliphatic carbocycles. The maximum atomic E-state index is 14.0. The second kappa shape index (κ2) is 14.2. The van der Waals surface area contributed by atoms with E-state index < -0.39 is 28.5 Å². The Hall–Kier alpha value is -3.07. The van der Waals surface area contributed by atoms with Gasteiger partial charge in [0.15, 0.2) is 0 Å². The van der Waals surface area contributed by atoms with E-state index in [2.05, 4.69) is 5.32 Å². The molecule has 0 bridgehead atoms. The second-order valence-corrected chi connectivity index (χ2v) is 13.0. The third kappa shape index (κ3) is 8.03. The van der Waals surface area contributed by atoms with Gasteiger partial charge in [-0.15, -0.1) is 0 Å². The molecule has 0 aliphatic heterocycles. The number of anilines is 1. The standard InChI is InChI=1S/C31H35Cl2N3O4S/c1-23(31(38)34-26-13-7-3-8-14-26)35(20-19-24-11-5-2-6-12-24)30(37)22-36(29-21-25(32)17-18-28(29)33)41(39,40)27-15-9-4-10-16-27/h2,4-6,9-12,15-18,21,23,26H,3,7-8,13-14,19-20,22H2,1H3,(H,34,38)/t23-/m1/s1. The molecule has 218 valence electrons. The number of benzene rings is 3. The quantitative estimate of drug-likeness (QED) is 0.282. The lowest BCUT2D eigenvalue weighted by Gasteiger charge is -2.33. The Morgan fingerprint density at radius 3 is 2.22 bits per heavy atom. The van der Waals surface area contributed by atoms with E-state index >= 15 is 0 Å². The number of halogens is 2. The average molecular weight is 617 g/mol. The molecule has 0 radical (unpaired) electrons. The summed E-state index contributed by atoms with van der Waals surface area (Å²) in [7, 11) is -4.22. The van der Waals surface area contributed by atoms with E-state index in [-0.39, 0.29) is 39.1 Å². The monoisotopic (exact) mass is 615 g/mol. The van der Waals surface area contributed by atoms with Crippen molar-refractivity contribution in [1.29, 1.82) is 0 Å². The Labute approximate surface area is 252 Å². The molecule has 3 aromatic rings. The van der Waals surface area contributed by atoms with E-state index in [1.54, 1.807) is 31.2 Å². The van der Waals surface area contributed by atoms with Crippen molar-refractivity contribution in [2.75, 3.05) is 17.4 Å². The number of carbonyl (C=O) groups is 2. The van der Waals surface area contributed by atoms with Crippen molar-refractivity contribution in [3.8, 4) is 0 Å². The molecule has 0 saturated heterocycles. The van der Waals surface area contributed by atoms with Crippen molar-refractivity contribution in [2.45, 2.75) is 62.4 Å². The Balaban J connectivity index is 1.65. The van der Waals surface area contributed by atoms with E-state index in [9.17, 15) is 18.0 Å². The summed E-state index contributed by atoms with van der Waals surface area (Å²) in [5.74, 6) is -0.778. The zero-order chi connectivity index (χ0) is 29.4. The summed E-state index contributed by atoms with van der Waals surface area (Å²) in [5, 5.41) is 3.50. The van der Waals surface area contributed by atoms with E-state index in [4.69, 9.17) is 23.2 Å². The lowest BCUT2D eigenvalue weighted by atomic mass is 9.95. The molecular weight excluding hydrogens is 581 g/mol. The fraction of sp³-hybridized carbons (Fsp3) is 0.355.